The number of nitrogens with one attached hydrogen (secondary N) is 1. The monoisotopic (exact) mass is 202 g/mol. The lowest BCUT2D eigenvalue weighted by molar-refractivity contribution is 0.0223. The number of aliphatic hydroxyl groups excluding tert-OH is 1. The predicted molar refractivity (Wildman–Crippen MR) is 56.4 cm³/mol. The summed E-state index contributed by atoms with van der Waals surface area (Å²) in [5.41, 5.74) is 0. The van der Waals surface area contributed by atoms with E-state index in [1.165, 1.54) is 6.42 Å². The third-order valence-electron chi connectivity index (χ3n) is 2.42. The summed E-state index contributed by atoms with van der Waals surface area (Å²) in [4.78, 5) is 2.30. The number of aliphatic hydroxyl groups is 1. The van der Waals surface area contributed by atoms with Crippen LogP contribution in [0.25, 0.3) is 0 Å². The Labute approximate surface area is 86.2 Å². The summed E-state index contributed by atoms with van der Waals surface area (Å²) in [5.74, 6) is 0. The number of hydrogen-bond donors (Lipinski definition) is 2. The molecular formula is C10H22N2O2. The zero-order valence-electron chi connectivity index (χ0n) is 9.04. The Morgan fingerprint density at radius 1 is 1.43 bits per heavy atom. The highest BCUT2D eigenvalue weighted by atomic mass is 16.5. The smallest absolute Gasteiger partial charge is 0.0900 e. The van der Waals surface area contributed by atoms with Gasteiger partial charge in [0.05, 0.1) is 12.7 Å². The first-order valence-corrected chi connectivity index (χ1v) is 5.51. The summed E-state index contributed by atoms with van der Waals surface area (Å²) in [6.45, 7) is 8.06. The van der Waals surface area contributed by atoms with Crippen molar-refractivity contribution in [3.8, 4) is 0 Å². The number of β-amino-alcohol motifs (C(OH)–C–C–N with tert-alkyl or cyclic N) is 1. The van der Waals surface area contributed by atoms with Gasteiger partial charge in [0.25, 0.3) is 0 Å². The molecule has 0 bridgehead atoms. The molecule has 1 unspecified atom stereocenters. The van der Waals surface area contributed by atoms with Crippen LogP contribution in [-0.2, 0) is 4.74 Å². The second kappa shape index (κ2) is 7.17. The molecule has 0 aromatic heterocycles. The summed E-state index contributed by atoms with van der Waals surface area (Å²) in [5, 5.41) is 13.0. The summed E-state index contributed by atoms with van der Waals surface area (Å²) in [6, 6.07) is 0. The summed E-state index contributed by atoms with van der Waals surface area (Å²) < 4.78 is 5.18. The Morgan fingerprint density at radius 3 is 3.07 bits per heavy atom. The average molecular weight is 202 g/mol. The van der Waals surface area contributed by atoms with E-state index >= 15 is 0 Å². The highest BCUT2D eigenvalue weighted by molar-refractivity contribution is 4.69. The van der Waals surface area contributed by atoms with Crippen molar-refractivity contribution in [1.82, 2.24) is 10.2 Å². The Balaban J connectivity index is 2.13. The van der Waals surface area contributed by atoms with Crippen molar-refractivity contribution in [1.29, 1.82) is 0 Å². The lowest BCUT2D eigenvalue weighted by Crippen LogP contribution is -2.37. The molecule has 0 radical (unpaired) electrons. The molecule has 0 aromatic carbocycles. The molecule has 1 aliphatic rings. The average Bonchev–Trinajstić information content (AvgIpc) is 2.43. The molecule has 1 fully saturated rings. The number of rotatable bonds is 5. The van der Waals surface area contributed by atoms with Gasteiger partial charge < -0.3 is 15.2 Å². The van der Waals surface area contributed by atoms with E-state index in [1.807, 2.05) is 6.92 Å². The van der Waals surface area contributed by atoms with Gasteiger partial charge in [0.2, 0.25) is 0 Å². The van der Waals surface area contributed by atoms with Crippen molar-refractivity contribution in [2.75, 3.05) is 45.9 Å². The van der Waals surface area contributed by atoms with Crippen LogP contribution in [0.2, 0.25) is 0 Å². The maximum Gasteiger partial charge on any atom is 0.0900 e. The van der Waals surface area contributed by atoms with Crippen LogP contribution in [0.3, 0.4) is 0 Å². The van der Waals surface area contributed by atoms with Crippen LogP contribution < -0.4 is 5.32 Å². The topological polar surface area (TPSA) is 44.7 Å². The van der Waals surface area contributed by atoms with Crippen LogP contribution in [-0.4, -0.2) is 62.0 Å². The molecule has 4 heteroatoms. The normalized spacial score (nSPS) is 21.9. The van der Waals surface area contributed by atoms with E-state index < -0.39 is 0 Å². The van der Waals surface area contributed by atoms with Gasteiger partial charge in [-0.3, -0.25) is 4.90 Å². The zero-order chi connectivity index (χ0) is 10.2. The first-order chi connectivity index (χ1) is 6.83. The van der Waals surface area contributed by atoms with Crippen molar-refractivity contribution in [2.45, 2.75) is 19.4 Å². The van der Waals surface area contributed by atoms with E-state index in [0.717, 1.165) is 32.7 Å². The largest absolute Gasteiger partial charge is 0.389 e. The molecule has 2 N–H and O–H groups in total. The molecule has 4 nitrogen and oxygen atoms in total. The number of hydrogen-bond acceptors (Lipinski definition) is 4. The highest BCUT2D eigenvalue weighted by Gasteiger charge is 2.12. The molecule has 0 aromatic rings. The Kier molecular flexibility index (Phi) is 6.10. The summed E-state index contributed by atoms with van der Waals surface area (Å²) >= 11 is 0. The van der Waals surface area contributed by atoms with Crippen LogP contribution in [0.1, 0.15) is 13.3 Å². The molecule has 0 saturated carbocycles. The first kappa shape index (κ1) is 11.9. The predicted octanol–water partition coefficient (Wildman–Crippen LogP) is -0.321. The van der Waals surface area contributed by atoms with Crippen LogP contribution in [0.4, 0.5) is 0 Å². The van der Waals surface area contributed by atoms with Crippen molar-refractivity contribution >= 4 is 0 Å². The minimum atomic E-state index is -0.340. The van der Waals surface area contributed by atoms with E-state index in [0.29, 0.717) is 13.2 Å². The summed E-state index contributed by atoms with van der Waals surface area (Å²) in [7, 11) is 0. The Hall–Kier alpha value is -0.160. The number of nitrogens with zero attached hydrogens (tertiary/aromatic N) is 1. The maximum absolute atomic E-state index is 9.64. The molecule has 1 saturated heterocycles. The molecular weight excluding hydrogens is 180 g/mol. The van der Waals surface area contributed by atoms with Gasteiger partial charge in [0.1, 0.15) is 0 Å². The van der Waals surface area contributed by atoms with Crippen molar-refractivity contribution < 1.29 is 9.84 Å². The third kappa shape index (κ3) is 4.91. The highest BCUT2D eigenvalue weighted by Crippen LogP contribution is 1.98. The van der Waals surface area contributed by atoms with E-state index in [9.17, 15) is 5.11 Å². The molecule has 1 aliphatic heterocycles. The SMILES string of the molecule is CCOCC(O)CN1CCCNCC1. The second-order valence-corrected chi connectivity index (χ2v) is 3.72. The van der Waals surface area contributed by atoms with Gasteiger partial charge in [0, 0.05) is 26.2 Å². The fourth-order valence-electron chi connectivity index (χ4n) is 1.69. The van der Waals surface area contributed by atoms with Gasteiger partial charge in [-0.05, 0) is 26.4 Å². The van der Waals surface area contributed by atoms with E-state index in [2.05, 4.69) is 10.2 Å². The quantitative estimate of drug-likeness (QED) is 0.641. The first-order valence-electron chi connectivity index (χ1n) is 5.51. The molecule has 14 heavy (non-hydrogen) atoms. The van der Waals surface area contributed by atoms with Gasteiger partial charge in [-0.1, -0.05) is 0 Å². The zero-order valence-corrected chi connectivity index (χ0v) is 9.04. The van der Waals surface area contributed by atoms with Gasteiger partial charge >= 0.3 is 0 Å². The van der Waals surface area contributed by atoms with Crippen molar-refractivity contribution in [3.63, 3.8) is 0 Å². The third-order valence-corrected chi connectivity index (χ3v) is 2.42. The second-order valence-electron chi connectivity index (χ2n) is 3.72. The molecule has 1 rings (SSSR count). The van der Waals surface area contributed by atoms with E-state index in [4.69, 9.17) is 4.74 Å². The van der Waals surface area contributed by atoms with Crippen LogP contribution in [0, 0.1) is 0 Å². The Morgan fingerprint density at radius 2 is 2.29 bits per heavy atom. The van der Waals surface area contributed by atoms with Crippen molar-refractivity contribution in [2.24, 2.45) is 0 Å². The molecule has 0 amide bonds. The lowest BCUT2D eigenvalue weighted by atomic mass is 10.3. The fraction of sp³-hybridized carbons (Fsp3) is 1.00. The molecule has 0 spiro atoms. The lowest BCUT2D eigenvalue weighted by Gasteiger charge is -2.22. The van der Waals surface area contributed by atoms with Gasteiger partial charge in [-0.25, -0.2) is 0 Å². The Bertz CT molecular complexity index is 136. The van der Waals surface area contributed by atoms with E-state index in [1.54, 1.807) is 0 Å². The molecule has 84 valence electrons. The fourth-order valence-corrected chi connectivity index (χ4v) is 1.69. The van der Waals surface area contributed by atoms with Gasteiger partial charge in [-0.15, -0.1) is 0 Å². The van der Waals surface area contributed by atoms with Gasteiger partial charge in [0.15, 0.2) is 0 Å². The molecule has 0 aliphatic carbocycles. The van der Waals surface area contributed by atoms with Crippen molar-refractivity contribution in [3.05, 3.63) is 0 Å². The van der Waals surface area contributed by atoms with E-state index in [-0.39, 0.29) is 6.10 Å². The molecule has 1 atom stereocenters. The minimum absolute atomic E-state index is 0.340. The van der Waals surface area contributed by atoms with Gasteiger partial charge in [-0.2, -0.15) is 0 Å². The number of ether oxygens (including phenoxy) is 1. The van der Waals surface area contributed by atoms with Crippen LogP contribution >= 0.6 is 0 Å². The van der Waals surface area contributed by atoms with Crippen LogP contribution in [0.5, 0.6) is 0 Å². The maximum atomic E-state index is 9.64. The summed E-state index contributed by atoms with van der Waals surface area (Å²) in [6.07, 6.45) is 0.828. The van der Waals surface area contributed by atoms with Crippen LogP contribution in [0.15, 0.2) is 0 Å². The standard InChI is InChI=1S/C10H22N2O2/c1-2-14-9-10(13)8-12-6-3-4-11-5-7-12/h10-11,13H,2-9H2,1H3. The molecule has 1 heterocycles. The minimum Gasteiger partial charge on any atom is -0.389 e.